The largest absolute Gasteiger partial charge is 0.488 e. The maximum Gasteiger partial charge on any atom is 0.132 e. The van der Waals surface area contributed by atoms with E-state index in [1.54, 1.807) is 0 Å². The van der Waals surface area contributed by atoms with Crippen LogP contribution >= 0.6 is 0 Å². The summed E-state index contributed by atoms with van der Waals surface area (Å²) in [5.41, 5.74) is 10.8. The molecule has 256 valence electrons. The molecule has 3 heteroatoms. The first-order chi connectivity index (χ1) is 25.6. The second kappa shape index (κ2) is 12.6. The van der Waals surface area contributed by atoms with Crippen LogP contribution in [0.25, 0.3) is 22.3 Å². The molecule has 2 aliphatic heterocycles. The summed E-state index contributed by atoms with van der Waals surface area (Å²) in [6.07, 6.45) is 33.8. The number of allylic oxidation sites excluding steroid dienone is 9. The van der Waals surface area contributed by atoms with Crippen molar-refractivity contribution in [1.29, 1.82) is 0 Å². The highest BCUT2D eigenvalue weighted by atomic mass is 16.5. The molecular formula is C49H43NO2. The quantitative estimate of drug-likeness (QED) is 0.190. The Labute approximate surface area is 307 Å². The van der Waals surface area contributed by atoms with Crippen LogP contribution in [0, 0.1) is 5.92 Å². The van der Waals surface area contributed by atoms with E-state index in [0.717, 1.165) is 48.4 Å². The fraction of sp³-hybridized carbons (Fsp3) is 0.224. The predicted octanol–water partition coefficient (Wildman–Crippen LogP) is 12.1. The van der Waals surface area contributed by atoms with Gasteiger partial charge in [0.1, 0.15) is 23.7 Å². The van der Waals surface area contributed by atoms with Gasteiger partial charge in [-0.1, -0.05) is 139 Å². The lowest BCUT2D eigenvalue weighted by atomic mass is 9.79. The minimum atomic E-state index is -0.271. The summed E-state index contributed by atoms with van der Waals surface area (Å²) in [5, 5.41) is 0. The fourth-order valence-electron chi connectivity index (χ4n) is 9.36. The number of nitrogens with zero attached hydrogens (tertiary/aromatic N) is 1. The summed E-state index contributed by atoms with van der Waals surface area (Å²) in [6, 6.07) is 31.5. The molecule has 4 aliphatic carbocycles. The topological polar surface area (TPSA) is 21.7 Å². The van der Waals surface area contributed by atoms with Crippen molar-refractivity contribution in [2.45, 2.75) is 62.2 Å². The van der Waals surface area contributed by atoms with Crippen LogP contribution in [0.2, 0.25) is 0 Å². The third-order valence-corrected chi connectivity index (χ3v) is 11.9. The van der Waals surface area contributed by atoms with Crippen LogP contribution in [0.15, 0.2) is 169 Å². The molecule has 2 heterocycles. The standard InChI is InChI=1S/C49H43NO2/c1-49(31-11-14-36(32-49)33-12-3-2-4-13-33)50(37-27-23-34(24-28-37)39-17-9-19-43-41-15-5-7-21-45(41)51-47(39)43)38-29-25-35(26-30-38)40-18-10-20-44-42-16-6-8-22-46(42)52-48(40)44/h2-7,9-12,14-21,23-31,33,41-42,45-46H,8,13,22,32H2,1H3. The summed E-state index contributed by atoms with van der Waals surface area (Å²) in [5.74, 6) is 3.12. The van der Waals surface area contributed by atoms with Gasteiger partial charge in [-0.25, -0.2) is 0 Å². The second-order valence-corrected chi connectivity index (χ2v) is 15.2. The first-order valence-corrected chi connectivity index (χ1v) is 19.0. The number of rotatable bonds is 6. The minimum Gasteiger partial charge on any atom is -0.488 e. The molecule has 0 fully saturated rings. The highest BCUT2D eigenvalue weighted by Gasteiger charge is 2.38. The van der Waals surface area contributed by atoms with Crippen molar-refractivity contribution >= 4 is 11.4 Å². The Hall–Kier alpha value is -5.54. The molecule has 6 atom stereocenters. The number of benzene rings is 4. The lowest BCUT2D eigenvalue weighted by Gasteiger charge is -2.44. The van der Waals surface area contributed by atoms with Gasteiger partial charge < -0.3 is 14.4 Å². The van der Waals surface area contributed by atoms with Crippen molar-refractivity contribution in [3.8, 4) is 33.8 Å². The molecular weight excluding hydrogens is 635 g/mol. The van der Waals surface area contributed by atoms with Crippen LogP contribution in [-0.2, 0) is 0 Å². The zero-order chi connectivity index (χ0) is 34.6. The summed E-state index contributed by atoms with van der Waals surface area (Å²) >= 11 is 0. The van der Waals surface area contributed by atoms with E-state index in [2.05, 4.69) is 176 Å². The molecule has 6 aliphatic rings. The monoisotopic (exact) mass is 677 g/mol. The molecule has 0 saturated carbocycles. The summed E-state index contributed by atoms with van der Waals surface area (Å²) in [6.45, 7) is 2.38. The van der Waals surface area contributed by atoms with Gasteiger partial charge in [0.25, 0.3) is 0 Å². The van der Waals surface area contributed by atoms with Crippen LogP contribution < -0.4 is 14.4 Å². The van der Waals surface area contributed by atoms with Crippen molar-refractivity contribution in [2.24, 2.45) is 5.92 Å². The van der Waals surface area contributed by atoms with E-state index < -0.39 is 0 Å². The van der Waals surface area contributed by atoms with Gasteiger partial charge >= 0.3 is 0 Å². The van der Waals surface area contributed by atoms with Crippen molar-refractivity contribution in [3.05, 3.63) is 181 Å². The number of para-hydroxylation sites is 2. The fourth-order valence-corrected chi connectivity index (χ4v) is 9.36. The van der Waals surface area contributed by atoms with Crippen molar-refractivity contribution < 1.29 is 9.47 Å². The molecule has 0 bridgehead atoms. The first-order valence-electron chi connectivity index (χ1n) is 19.0. The minimum absolute atomic E-state index is 0.0677. The molecule has 0 radical (unpaired) electrons. The van der Waals surface area contributed by atoms with Crippen LogP contribution in [0.1, 0.15) is 55.6 Å². The zero-order valence-electron chi connectivity index (χ0n) is 29.6. The molecule has 0 spiro atoms. The Kier molecular flexibility index (Phi) is 7.56. The van der Waals surface area contributed by atoms with Gasteiger partial charge in [-0.15, -0.1) is 0 Å². The lowest BCUT2D eigenvalue weighted by Crippen LogP contribution is -2.43. The normalized spacial score (nSPS) is 27.2. The highest BCUT2D eigenvalue weighted by molar-refractivity contribution is 5.79. The number of ether oxygens (including phenoxy) is 2. The molecule has 0 amide bonds. The molecule has 0 saturated heterocycles. The number of anilines is 2. The Morgan fingerprint density at radius 3 is 2.02 bits per heavy atom. The van der Waals surface area contributed by atoms with Gasteiger partial charge in [0.2, 0.25) is 0 Å². The molecule has 6 unspecified atom stereocenters. The van der Waals surface area contributed by atoms with Crippen LogP contribution in [0.3, 0.4) is 0 Å². The van der Waals surface area contributed by atoms with Gasteiger partial charge in [0, 0.05) is 51.4 Å². The molecule has 4 aromatic rings. The van der Waals surface area contributed by atoms with E-state index in [1.165, 1.54) is 39.1 Å². The SMILES string of the molecule is CC1(N(c2ccc(-c3cccc4c3OC3C=CC=CC43)cc2)c2ccc(-c3cccc4c3OC3CCC=CC43)cc2)C=CC=C(C2C=CC=CC2)C1. The van der Waals surface area contributed by atoms with Crippen molar-refractivity contribution in [1.82, 2.24) is 0 Å². The van der Waals surface area contributed by atoms with E-state index in [0.29, 0.717) is 11.8 Å². The molecule has 10 rings (SSSR count). The van der Waals surface area contributed by atoms with E-state index >= 15 is 0 Å². The maximum absolute atomic E-state index is 6.62. The molecule has 4 aromatic carbocycles. The second-order valence-electron chi connectivity index (χ2n) is 15.2. The van der Waals surface area contributed by atoms with E-state index in [-0.39, 0.29) is 23.7 Å². The Balaban J connectivity index is 1.01. The third-order valence-electron chi connectivity index (χ3n) is 11.9. The van der Waals surface area contributed by atoms with E-state index in [1.807, 2.05) is 0 Å². The van der Waals surface area contributed by atoms with Crippen molar-refractivity contribution in [2.75, 3.05) is 4.90 Å². The molecule has 0 N–H and O–H groups in total. The van der Waals surface area contributed by atoms with Gasteiger partial charge in [-0.2, -0.15) is 0 Å². The number of fused-ring (bicyclic) bond motifs is 6. The van der Waals surface area contributed by atoms with Crippen LogP contribution in [0.5, 0.6) is 11.5 Å². The van der Waals surface area contributed by atoms with Crippen molar-refractivity contribution in [3.63, 3.8) is 0 Å². The van der Waals surface area contributed by atoms with E-state index in [9.17, 15) is 0 Å². The molecule has 0 aromatic heterocycles. The van der Waals surface area contributed by atoms with Gasteiger partial charge in [-0.3, -0.25) is 0 Å². The summed E-state index contributed by atoms with van der Waals surface area (Å²) in [4.78, 5) is 2.54. The van der Waals surface area contributed by atoms with Gasteiger partial charge in [0.05, 0.1) is 5.54 Å². The average Bonchev–Trinajstić information content (AvgIpc) is 3.78. The zero-order valence-corrected chi connectivity index (χ0v) is 29.6. The van der Waals surface area contributed by atoms with Crippen LogP contribution in [-0.4, -0.2) is 17.7 Å². The number of hydrogen-bond acceptors (Lipinski definition) is 3. The Bertz CT molecular complexity index is 2250. The summed E-state index contributed by atoms with van der Waals surface area (Å²) < 4.78 is 13.2. The smallest absolute Gasteiger partial charge is 0.132 e. The third kappa shape index (κ3) is 5.25. The molecule has 52 heavy (non-hydrogen) atoms. The van der Waals surface area contributed by atoms with Gasteiger partial charge in [-0.05, 0) is 74.1 Å². The molecule has 3 nitrogen and oxygen atoms in total. The van der Waals surface area contributed by atoms with Crippen LogP contribution in [0.4, 0.5) is 11.4 Å². The van der Waals surface area contributed by atoms with Gasteiger partial charge in [0.15, 0.2) is 0 Å². The lowest BCUT2D eigenvalue weighted by molar-refractivity contribution is 0.205. The maximum atomic E-state index is 6.62. The average molecular weight is 678 g/mol. The first kappa shape index (κ1) is 31.2. The predicted molar refractivity (Wildman–Crippen MR) is 213 cm³/mol. The highest BCUT2D eigenvalue weighted by Crippen LogP contribution is 2.50. The number of hydrogen-bond donors (Lipinski definition) is 0. The summed E-state index contributed by atoms with van der Waals surface area (Å²) in [7, 11) is 0. The Morgan fingerprint density at radius 2 is 1.31 bits per heavy atom. The Morgan fingerprint density at radius 1 is 0.635 bits per heavy atom. The van der Waals surface area contributed by atoms with E-state index in [4.69, 9.17) is 9.47 Å².